The van der Waals surface area contributed by atoms with E-state index in [1.807, 2.05) is 0 Å². The zero-order chi connectivity index (χ0) is 15.2. The van der Waals surface area contributed by atoms with Crippen LogP contribution in [-0.2, 0) is 11.4 Å². The van der Waals surface area contributed by atoms with Crippen molar-refractivity contribution in [2.24, 2.45) is 0 Å². The number of carboxylic acids is 1. The zero-order valence-corrected chi connectivity index (χ0v) is 10.9. The summed E-state index contributed by atoms with van der Waals surface area (Å²) in [6.45, 7) is -0.0212. The summed E-state index contributed by atoms with van der Waals surface area (Å²) in [7, 11) is 0. The maximum absolute atomic E-state index is 13.4. The van der Waals surface area contributed by atoms with Gasteiger partial charge in [-0.05, 0) is 47.5 Å². The number of hydrogen-bond acceptors (Lipinski definition) is 2. The largest absolute Gasteiger partial charge is 0.486 e. The lowest BCUT2D eigenvalue weighted by atomic mass is 10.1. The number of halogens is 2. The van der Waals surface area contributed by atoms with Gasteiger partial charge in [-0.15, -0.1) is 0 Å². The first kappa shape index (κ1) is 14.7. The van der Waals surface area contributed by atoms with Crippen LogP contribution in [0.4, 0.5) is 8.78 Å². The first-order chi connectivity index (χ1) is 10.0. The zero-order valence-electron chi connectivity index (χ0n) is 10.9. The fourth-order valence-corrected chi connectivity index (χ4v) is 1.75. The monoisotopic (exact) mass is 290 g/mol. The highest BCUT2D eigenvalue weighted by Crippen LogP contribution is 2.18. The first-order valence-corrected chi connectivity index (χ1v) is 6.12. The Labute approximate surface area is 120 Å². The number of rotatable bonds is 5. The number of hydrogen-bond donors (Lipinski definition) is 1. The maximum Gasteiger partial charge on any atom is 0.328 e. The van der Waals surface area contributed by atoms with Crippen molar-refractivity contribution in [1.82, 2.24) is 0 Å². The lowest BCUT2D eigenvalue weighted by Crippen LogP contribution is -1.98. The van der Waals surface area contributed by atoms with Crippen LogP contribution in [0.15, 0.2) is 48.5 Å². The Balaban J connectivity index is 2.13. The number of carboxylic acid groups (broad SMARTS) is 1. The summed E-state index contributed by atoms with van der Waals surface area (Å²) in [6, 6.07) is 9.93. The molecule has 5 heteroatoms. The van der Waals surface area contributed by atoms with Gasteiger partial charge in [0, 0.05) is 6.08 Å². The van der Waals surface area contributed by atoms with E-state index in [0.29, 0.717) is 11.1 Å². The van der Waals surface area contributed by atoms with E-state index in [0.717, 1.165) is 6.08 Å². The maximum atomic E-state index is 13.4. The van der Waals surface area contributed by atoms with Crippen LogP contribution in [0.2, 0.25) is 0 Å². The number of para-hydroxylation sites is 1. The van der Waals surface area contributed by atoms with E-state index in [-0.39, 0.29) is 12.4 Å². The van der Waals surface area contributed by atoms with Crippen LogP contribution in [0.5, 0.6) is 5.75 Å². The molecule has 2 aromatic rings. The smallest absolute Gasteiger partial charge is 0.328 e. The number of benzene rings is 2. The van der Waals surface area contributed by atoms with Crippen LogP contribution in [0.1, 0.15) is 11.1 Å². The van der Waals surface area contributed by atoms with Gasteiger partial charge in [-0.1, -0.05) is 12.1 Å². The molecule has 0 saturated carbocycles. The fourth-order valence-electron chi connectivity index (χ4n) is 1.75. The SMILES string of the molecule is O=C(O)C=Cc1cc(F)cc(COc2ccccc2F)c1. The minimum Gasteiger partial charge on any atom is -0.486 e. The number of ether oxygens (including phenoxy) is 1. The molecule has 0 bridgehead atoms. The van der Waals surface area contributed by atoms with Gasteiger partial charge in [0.25, 0.3) is 0 Å². The molecule has 108 valence electrons. The molecule has 0 unspecified atom stereocenters. The Morgan fingerprint density at radius 3 is 2.67 bits per heavy atom. The molecule has 1 N–H and O–H groups in total. The molecule has 0 atom stereocenters. The van der Waals surface area contributed by atoms with E-state index in [1.165, 1.54) is 30.3 Å². The molecule has 0 amide bonds. The second-order valence-corrected chi connectivity index (χ2v) is 4.28. The van der Waals surface area contributed by atoms with Crippen LogP contribution < -0.4 is 4.74 Å². The van der Waals surface area contributed by atoms with E-state index >= 15 is 0 Å². The average Bonchev–Trinajstić information content (AvgIpc) is 2.44. The molecule has 0 aliphatic carbocycles. The van der Waals surface area contributed by atoms with Gasteiger partial charge in [-0.2, -0.15) is 0 Å². The first-order valence-electron chi connectivity index (χ1n) is 6.12. The quantitative estimate of drug-likeness (QED) is 0.855. The van der Waals surface area contributed by atoms with Crippen molar-refractivity contribution in [3.63, 3.8) is 0 Å². The van der Waals surface area contributed by atoms with Crippen molar-refractivity contribution in [2.75, 3.05) is 0 Å². The third-order valence-electron chi connectivity index (χ3n) is 2.63. The van der Waals surface area contributed by atoms with Crippen molar-refractivity contribution in [1.29, 1.82) is 0 Å². The van der Waals surface area contributed by atoms with Gasteiger partial charge in [0.15, 0.2) is 11.6 Å². The molecule has 21 heavy (non-hydrogen) atoms. The molecule has 0 spiro atoms. The number of carbonyl (C=O) groups is 1. The van der Waals surface area contributed by atoms with Crippen LogP contribution in [-0.4, -0.2) is 11.1 Å². The van der Waals surface area contributed by atoms with Gasteiger partial charge < -0.3 is 9.84 Å². The Kier molecular flexibility index (Phi) is 4.66. The molecule has 0 aromatic heterocycles. The van der Waals surface area contributed by atoms with Crippen LogP contribution in [0.3, 0.4) is 0 Å². The molecule has 0 saturated heterocycles. The fraction of sp³-hybridized carbons (Fsp3) is 0.0625. The topological polar surface area (TPSA) is 46.5 Å². The standard InChI is InChI=1S/C16H12F2O3/c17-13-8-11(5-6-16(19)20)7-12(9-13)10-21-15-4-2-1-3-14(15)18/h1-9H,10H2,(H,19,20). The van der Waals surface area contributed by atoms with Crippen LogP contribution in [0, 0.1) is 11.6 Å². The Morgan fingerprint density at radius 1 is 1.19 bits per heavy atom. The van der Waals surface area contributed by atoms with Crippen molar-refractivity contribution in [3.05, 3.63) is 71.3 Å². The van der Waals surface area contributed by atoms with Crippen molar-refractivity contribution in [2.45, 2.75) is 6.61 Å². The van der Waals surface area contributed by atoms with Gasteiger partial charge in [-0.3, -0.25) is 0 Å². The second-order valence-electron chi connectivity index (χ2n) is 4.28. The second kappa shape index (κ2) is 6.65. The highest BCUT2D eigenvalue weighted by Gasteiger charge is 2.04. The van der Waals surface area contributed by atoms with E-state index in [4.69, 9.17) is 9.84 Å². The van der Waals surface area contributed by atoms with Gasteiger partial charge in [0.2, 0.25) is 0 Å². The minimum atomic E-state index is -1.12. The van der Waals surface area contributed by atoms with Crippen molar-refractivity contribution < 1.29 is 23.4 Å². The summed E-state index contributed by atoms with van der Waals surface area (Å²) >= 11 is 0. The summed E-state index contributed by atoms with van der Waals surface area (Å²) in [6.07, 6.45) is 2.19. The lowest BCUT2D eigenvalue weighted by molar-refractivity contribution is -0.131. The predicted octanol–water partition coefficient (Wildman–Crippen LogP) is 3.64. The molecule has 0 heterocycles. The third-order valence-corrected chi connectivity index (χ3v) is 2.63. The summed E-state index contributed by atoms with van der Waals surface area (Å²) in [5.41, 5.74) is 0.868. The highest BCUT2D eigenvalue weighted by molar-refractivity contribution is 5.85. The van der Waals surface area contributed by atoms with Gasteiger partial charge in [0.1, 0.15) is 12.4 Å². The molecular formula is C16H12F2O3. The van der Waals surface area contributed by atoms with E-state index in [2.05, 4.69) is 0 Å². The van der Waals surface area contributed by atoms with Crippen molar-refractivity contribution >= 4 is 12.0 Å². The molecule has 3 nitrogen and oxygen atoms in total. The van der Waals surface area contributed by atoms with Gasteiger partial charge >= 0.3 is 5.97 Å². The Bertz CT molecular complexity index is 681. The van der Waals surface area contributed by atoms with Crippen LogP contribution >= 0.6 is 0 Å². The Hall–Kier alpha value is -2.69. The van der Waals surface area contributed by atoms with Crippen molar-refractivity contribution in [3.8, 4) is 5.75 Å². The summed E-state index contributed by atoms with van der Waals surface area (Å²) < 4.78 is 32.1. The van der Waals surface area contributed by atoms with Crippen LogP contribution in [0.25, 0.3) is 6.08 Å². The van der Waals surface area contributed by atoms with Gasteiger partial charge in [0.05, 0.1) is 0 Å². The molecule has 0 aliphatic rings. The van der Waals surface area contributed by atoms with E-state index < -0.39 is 17.6 Å². The Morgan fingerprint density at radius 2 is 1.95 bits per heavy atom. The lowest BCUT2D eigenvalue weighted by Gasteiger charge is -2.08. The highest BCUT2D eigenvalue weighted by atomic mass is 19.1. The normalized spacial score (nSPS) is 10.8. The van der Waals surface area contributed by atoms with E-state index in [1.54, 1.807) is 18.2 Å². The molecule has 2 rings (SSSR count). The van der Waals surface area contributed by atoms with Gasteiger partial charge in [-0.25, -0.2) is 13.6 Å². The average molecular weight is 290 g/mol. The summed E-state index contributed by atoms with van der Waals surface area (Å²) in [4.78, 5) is 10.4. The third kappa shape index (κ3) is 4.42. The molecule has 2 aromatic carbocycles. The molecule has 0 fully saturated rings. The molecule has 0 radical (unpaired) electrons. The molecular weight excluding hydrogens is 278 g/mol. The minimum absolute atomic E-state index is 0.0212. The van der Waals surface area contributed by atoms with E-state index in [9.17, 15) is 13.6 Å². The predicted molar refractivity (Wildman–Crippen MR) is 73.8 cm³/mol. The summed E-state index contributed by atoms with van der Waals surface area (Å²) in [5.74, 6) is -2.07. The summed E-state index contributed by atoms with van der Waals surface area (Å²) in [5, 5.41) is 8.55. The molecule has 0 aliphatic heterocycles. The number of aliphatic carboxylic acids is 1.